The molecule has 6 heteroatoms. The Bertz CT molecular complexity index is 1060. The molecule has 0 bridgehead atoms. The summed E-state index contributed by atoms with van der Waals surface area (Å²) in [5.74, 6) is 1.01. The molecule has 0 atom stereocenters. The highest BCUT2D eigenvalue weighted by Crippen LogP contribution is 2.29. The van der Waals surface area contributed by atoms with Crippen LogP contribution in [0.5, 0.6) is 11.5 Å². The Kier molecular flexibility index (Phi) is 8.26. The van der Waals surface area contributed by atoms with E-state index in [2.05, 4.69) is 10.5 Å². The van der Waals surface area contributed by atoms with Gasteiger partial charge in [0.1, 0.15) is 6.61 Å². The molecule has 0 saturated carbocycles. The fourth-order valence-corrected chi connectivity index (χ4v) is 2.94. The third-order valence-electron chi connectivity index (χ3n) is 4.77. The van der Waals surface area contributed by atoms with Crippen molar-refractivity contribution in [2.24, 2.45) is 5.16 Å². The van der Waals surface area contributed by atoms with E-state index in [1.807, 2.05) is 87.5 Å². The Morgan fingerprint density at radius 3 is 2.50 bits per heavy atom. The van der Waals surface area contributed by atoms with Crippen molar-refractivity contribution >= 4 is 17.8 Å². The van der Waals surface area contributed by atoms with Gasteiger partial charge in [0.25, 0.3) is 5.91 Å². The minimum atomic E-state index is -0.273. The van der Waals surface area contributed by atoms with E-state index < -0.39 is 0 Å². The maximum absolute atomic E-state index is 12.0. The van der Waals surface area contributed by atoms with Crippen molar-refractivity contribution in [2.45, 2.75) is 27.4 Å². The highest BCUT2D eigenvalue weighted by molar-refractivity contribution is 5.91. The van der Waals surface area contributed by atoms with Crippen molar-refractivity contribution in [1.82, 2.24) is 0 Å². The van der Waals surface area contributed by atoms with Gasteiger partial charge < -0.3 is 19.6 Å². The molecule has 32 heavy (non-hydrogen) atoms. The molecule has 0 aliphatic carbocycles. The van der Waals surface area contributed by atoms with Crippen molar-refractivity contribution in [1.29, 1.82) is 0 Å². The van der Waals surface area contributed by atoms with Gasteiger partial charge >= 0.3 is 0 Å². The number of carbonyl (C=O) groups excluding carboxylic acids is 1. The molecule has 1 amide bonds. The van der Waals surface area contributed by atoms with E-state index >= 15 is 0 Å². The second-order valence-electron chi connectivity index (χ2n) is 7.27. The molecule has 0 radical (unpaired) electrons. The first-order valence-corrected chi connectivity index (χ1v) is 10.5. The van der Waals surface area contributed by atoms with Gasteiger partial charge in [-0.2, -0.15) is 0 Å². The van der Waals surface area contributed by atoms with Crippen LogP contribution in [0.25, 0.3) is 0 Å². The van der Waals surface area contributed by atoms with Gasteiger partial charge in [-0.1, -0.05) is 41.6 Å². The van der Waals surface area contributed by atoms with E-state index in [-0.39, 0.29) is 12.5 Å². The molecule has 0 fully saturated rings. The zero-order valence-electron chi connectivity index (χ0n) is 18.6. The number of aryl methyl sites for hydroxylation is 2. The second kappa shape index (κ2) is 11.6. The Balaban J connectivity index is 1.53. The molecule has 166 valence electrons. The molecule has 0 aliphatic rings. The number of carbonyl (C=O) groups is 1. The number of ether oxygens (including phenoxy) is 2. The lowest BCUT2D eigenvalue weighted by Crippen LogP contribution is -2.17. The lowest BCUT2D eigenvalue weighted by Gasteiger charge is -2.12. The molecule has 0 unspecified atom stereocenters. The van der Waals surface area contributed by atoms with Crippen LogP contribution in [0.4, 0.5) is 5.69 Å². The molecule has 0 saturated heterocycles. The maximum atomic E-state index is 12.0. The predicted molar refractivity (Wildman–Crippen MR) is 126 cm³/mol. The van der Waals surface area contributed by atoms with Gasteiger partial charge in [-0.05, 0) is 67.8 Å². The number of nitrogens with one attached hydrogen (secondary N) is 1. The number of nitrogens with zero attached hydrogens (tertiary/aromatic N) is 1. The molecule has 0 spiro atoms. The third-order valence-corrected chi connectivity index (χ3v) is 4.77. The van der Waals surface area contributed by atoms with Crippen molar-refractivity contribution in [3.05, 3.63) is 89.0 Å². The first-order valence-electron chi connectivity index (χ1n) is 10.5. The summed E-state index contributed by atoms with van der Waals surface area (Å²) in [6, 6.07) is 21.2. The molecule has 3 aromatic rings. The van der Waals surface area contributed by atoms with Gasteiger partial charge in [-0.25, -0.2) is 0 Å². The lowest BCUT2D eigenvalue weighted by molar-refractivity contribution is -0.120. The fourth-order valence-electron chi connectivity index (χ4n) is 2.94. The van der Waals surface area contributed by atoms with E-state index in [0.29, 0.717) is 24.7 Å². The number of anilines is 1. The molecular weight excluding hydrogens is 404 g/mol. The monoisotopic (exact) mass is 432 g/mol. The molecule has 0 aliphatic heterocycles. The van der Waals surface area contributed by atoms with Crippen LogP contribution in [0.3, 0.4) is 0 Å². The molecule has 0 aromatic heterocycles. The minimum Gasteiger partial charge on any atom is -0.490 e. The van der Waals surface area contributed by atoms with Gasteiger partial charge in [0, 0.05) is 11.3 Å². The average molecular weight is 433 g/mol. The third kappa shape index (κ3) is 6.87. The predicted octanol–water partition coefficient (Wildman–Crippen LogP) is 5.27. The maximum Gasteiger partial charge on any atom is 0.265 e. The second-order valence-corrected chi connectivity index (χ2v) is 7.27. The molecule has 3 aromatic carbocycles. The summed E-state index contributed by atoms with van der Waals surface area (Å²) in [6.45, 7) is 6.72. The van der Waals surface area contributed by atoms with Gasteiger partial charge in [-0.15, -0.1) is 0 Å². The van der Waals surface area contributed by atoms with Crippen molar-refractivity contribution < 1.29 is 19.1 Å². The summed E-state index contributed by atoms with van der Waals surface area (Å²) in [6.07, 6.45) is 1.53. The summed E-state index contributed by atoms with van der Waals surface area (Å²) in [5.41, 5.74) is 4.87. The summed E-state index contributed by atoms with van der Waals surface area (Å²) in [7, 11) is 0. The van der Waals surface area contributed by atoms with Gasteiger partial charge in [0.05, 0.1) is 12.8 Å². The van der Waals surface area contributed by atoms with Gasteiger partial charge in [0.15, 0.2) is 18.1 Å². The Morgan fingerprint density at radius 2 is 1.75 bits per heavy atom. The van der Waals surface area contributed by atoms with Crippen LogP contribution >= 0.6 is 0 Å². The van der Waals surface area contributed by atoms with Gasteiger partial charge in [0.2, 0.25) is 0 Å². The van der Waals surface area contributed by atoms with Crippen LogP contribution in [-0.2, 0) is 16.2 Å². The molecular formula is C26H28N2O4. The Hall–Kier alpha value is -3.80. The quantitative estimate of drug-likeness (QED) is 0.350. The number of oxime groups is 1. The smallest absolute Gasteiger partial charge is 0.265 e. The molecule has 1 N–H and O–H groups in total. The highest BCUT2D eigenvalue weighted by atomic mass is 16.6. The SMILES string of the molecule is CCOc1cc(/C=N/OCC(=O)Nc2ccc(C)c(C)c2)ccc1OCc1ccccc1. The van der Waals surface area contributed by atoms with Gasteiger partial charge in [-0.3, -0.25) is 4.79 Å². The summed E-state index contributed by atoms with van der Waals surface area (Å²) < 4.78 is 11.6. The first kappa shape index (κ1) is 22.9. The zero-order chi connectivity index (χ0) is 22.8. The van der Waals surface area contributed by atoms with E-state index in [4.69, 9.17) is 14.3 Å². The fraction of sp³-hybridized carbons (Fsp3) is 0.231. The number of benzene rings is 3. The first-order chi connectivity index (χ1) is 15.5. The number of hydrogen-bond donors (Lipinski definition) is 1. The van der Waals surface area contributed by atoms with Crippen LogP contribution < -0.4 is 14.8 Å². The Labute approximate surface area is 188 Å². The number of rotatable bonds is 10. The normalized spacial score (nSPS) is 10.7. The zero-order valence-corrected chi connectivity index (χ0v) is 18.6. The average Bonchev–Trinajstić information content (AvgIpc) is 2.79. The molecule has 0 heterocycles. The van der Waals surface area contributed by atoms with Crippen LogP contribution in [0.2, 0.25) is 0 Å². The van der Waals surface area contributed by atoms with Crippen molar-refractivity contribution in [3.8, 4) is 11.5 Å². The largest absolute Gasteiger partial charge is 0.490 e. The van der Waals surface area contributed by atoms with Crippen LogP contribution in [0, 0.1) is 13.8 Å². The standard InChI is InChI=1S/C26H28N2O4/c1-4-30-25-15-22(11-13-24(25)31-17-21-8-6-5-7-9-21)16-27-32-18-26(29)28-23-12-10-19(2)20(3)14-23/h5-16H,4,17-18H2,1-3H3,(H,28,29)/b27-16+. The topological polar surface area (TPSA) is 69.2 Å². The summed E-state index contributed by atoms with van der Waals surface area (Å²) in [4.78, 5) is 17.2. The van der Waals surface area contributed by atoms with E-state index in [1.165, 1.54) is 11.8 Å². The lowest BCUT2D eigenvalue weighted by atomic mass is 10.1. The highest BCUT2D eigenvalue weighted by Gasteiger charge is 2.07. The minimum absolute atomic E-state index is 0.181. The number of amides is 1. The summed E-state index contributed by atoms with van der Waals surface area (Å²) in [5, 5.41) is 6.69. The van der Waals surface area contributed by atoms with Crippen molar-refractivity contribution in [2.75, 3.05) is 18.5 Å². The van der Waals surface area contributed by atoms with Crippen LogP contribution in [0.15, 0.2) is 71.9 Å². The summed E-state index contributed by atoms with van der Waals surface area (Å²) >= 11 is 0. The number of hydrogen-bond acceptors (Lipinski definition) is 5. The van der Waals surface area contributed by atoms with E-state index in [1.54, 1.807) is 0 Å². The van der Waals surface area contributed by atoms with Crippen LogP contribution in [-0.4, -0.2) is 25.3 Å². The Morgan fingerprint density at radius 1 is 0.938 bits per heavy atom. The van der Waals surface area contributed by atoms with E-state index in [0.717, 1.165) is 22.4 Å². The van der Waals surface area contributed by atoms with E-state index in [9.17, 15) is 4.79 Å². The molecule has 6 nitrogen and oxygen atoms in total. The van der Waals surface area contributed by atoms with Crippen LogP contribution in [0.1, 0.15) is 29.2 Å². The van der Waals surface area contributed by atoms with Crippen molar-refractivity contribution in [3.63, 3.8) is 0 Å². The molecule has 3 rings (SSSR count).